The van der Waals surface area contributed by atoms with Gasteiger partial charge in [0.2, 0.25) is 0 Å². The van der Waals surface area contributed by atoms with Crippen molar-refractivity contribution in [3.63, 3.8) is 0 Å². The maximum atomic E-state index is 9.02. The highest BCUT2D eigenvalue weighted by Crippen LogP contribution is 2.37. The number of para-hydroxylation sites is 1. The number of amidine groups is 2. The monoisotopic (exact) mass is 621 g/mol. The predicted octanol–water partition coefficient (Wildman–Crippen LogP) is 11.3. The van der Waals surface area contributed by atoms with Gasteiger partial charge in [-0.1, -0.05) is 122 Å². The van der Waals surface area contributed by atoms with Crippen molar-refractivity contribution < 1.29 is 8.83 Å². The Morgan fingerprint density at radius 2 is 1.58 bits per heavy atom. The van der Waals surface area contributed by atoms with Crippen LogP contribution in [0.4, 0.5) is 0 Å². The fourth-order valence-corrected chi connectivity index (χ4v) is 6.42. The fraction of sp³-hybridized carbons (Fsp3) is 0.0465. The number of rotatable bonds is 6. The Bertz CT molecular complexity index is 2540. The first kappa shape index (κ1) is 29.1. The van der Waals surface area contributed by atoms with E-state index in [2.05, 4.69) is 61.2 Å². The van der Waals surface area contributed by atoms with Crippen molar-refractivity contribution in [2.75, 3.05) is 0 Å². The first-order valence-electron chi connectivity index (χ1n) is 16.0. The Morgan fingerprint density at radius 1 is 0.792 bits per heavy atom. The maximum Gasteiger partial charge on any atom is 0.162 e. The Morgan fingerprint density at radius 3 is 2.44 bits per heavy atom. The van der Waals surface area contributed by atoms with Crippen LogP contribution in [0, 0.1) is 11.3 Å². The molecule has 0 saturated carbocycles. The molecule has 2 heterocycles. The zero-order chi connectivity index (χ0) is 32.5. The third-order valence-corrected chi connectivity index (χ3v) is 8.74. The molecular formula is C43H31N3O2. The van der Waals surface area contributed by atoms with Crippen molar-refractivity contribution in [1.29, 1.82) is 5.41 Å². The molecule has 0 fully saturated rings. The SMILES string of the molecule is C=C/C=C\c1oc2cccc(-c3ccc4ccccc4c3)c2c1/C=N/C(=N\C(=N)C1C=CC=CC1)c1cccc2oc3ccccc3c12. The number of hydrogen-bond acceptors (Lipinski definition) is 3. The zero-order valence-corrected chi connectivity index (χ0v) is 26.1. The summed E-state index contributed by atoms with van der Waals surface area (Å²) in [5, 5.41) is 14.2. The van der Waals surface area contributed by atoms with Gasteiger partial charge in [-0.2, -0.15) is 0 Å². The second kappa shape index (κ2) is 12.5. The van der Waals surface area contributed by atoms with E-state index in [-0.39, 0.29) is 11.8 Å². The normalized spacial score (nSPS) is 15.2. The highest BCUT2D eigenvalue weighted by atomic mass is 16.3. The van der Waals surface area contributed by atoms with E-state index < -0.39 is 0 Å². The summed E-state index contributed by atoms with van der Waals surface area (Å²) >= 11 is 0. The van der Waals surface area contributed by atoms with Gasteiger partial charge in [0.25, 0.3) is 0 Å². The van der Waals surface area contributed by atoms with E-state index in [1.807, 2.05) is 91.2 Å². The first-order chi connectivity index (χ1) is 23.7. The molecule has 1 aliphatic rings. The molecule has 0 spiro atoms. The summed E-state index contributed by atoms with van der Waals surface area (Å²) in [5.41, 5.74) is 6.00. The molecule has 0 radical (unpaired) electrons. The molecule has 1 N–H and O–H groups in total. The van der Waals surface area contributed by atoms with Gasteiger partial charge in [0.15, 0.2) is 5.84 Å². The molecule has 230 valence electrons. The minimum absolute atomic E-state index is 0.138. The van der Waals surface area contributed by atoms with Crippen LogP contribution in [0.2, 0.25) is 0 Å². The molecule has 0 saturated heterocycles. The number of aliphatic imine (C=N–C) groups is 2. The minimum atomic E-state index is -0.138. The molecule has 1 unspecified atom stereocenters. The van der Waals surface area contributed by atoms with Crippen molar-refractivity contribution >= 4 is 67.6 Å². The third kappa shape index (κ3) is 5.31. The molecule has 0 amide bonds. The summed E-state index contributed by atoms with van der Waals surface area (Å²) in [6.45, 7) is 3.87. The maximum absolute atomic E-state index is 9.02. The summed E-state index contributed by atoms with van der Waals surface area (Å²) in [6.07, 6.45) is 16.1. The molecule has 0 aliphatic heterocycles. The number of benzene rings is 5. The molecule has 2 aromatic heterocycles. The van der Waals surface area contributed by atoms with Gasteiger partial charge in [0.05, 0.1) is 0 Å². The van der Waals surface area contributed by atoms with E-state index in [1.165, 1.54) is 5.39 Å². The Hall–Kier alpha value is -6.33. The molecule has 5 heteroatoms. The second-order valence-electron chi connectivity index (χ2n) is 11.7. The summed E-state index contributed by atoms with van der Waals surface area (Å²) in [5.74, 6) is 1.19. The van der Waals surface area contributed by atoms with E-state index >= 15 is 0 Å². The van der Waals surface area contributed by atoms with Gasteiger partial charge in [0, 0.05) is 39.4 Å². The lowest BCUT2D eigenvalue weighted by molar-refractivity contribution is 0.603. The highest BCUT2D eigenvalue weighted by Gasteiger charge is 2.20. The number of furan rings is 2. The van der Waals surface area contributed by atoms with Gasteiger partial charge in [-0.05, 0) is 58.7 Å². The van der Waals surface area contributed by atoms with Crippen LogP contribution in [0.5, 0.6) is 0 Å². The Kier molecular flexibility index (Phi) is 7.55. The molecule has 5 nitrogen and oxygen atoms in total. The number of nitrogens with one attached hydrogen (secondary N) is 1. The van der Waals surface area contributed by atoms with Gasteiger partial charge in [0.1, 0.15) is 28.3 Å². The molecule has 48 heavy (non-hydrogen) atoms. The standard InChI is InChI=1S/C43H31N3O2/c1-2-3-20-37-35(40-32(18-11-22-38(40)48-37)31-25-24-28-13-7-8-16-30(28)26-31)27-45-43(46-42(44)29-14-5-4-6-15-29)34-19-12-23-39-41(34)33-17-9-10-21-36(33)47-39/h2-14,16-27,29,44H,1,15H2/b20-3-,44-42?,45-27+,46-43-. The second-order valence-corrected chi connectivity index (χ2v) is 11.7. The number of fused-ring (bicyclic) bond motifs is 5. The zero-order valence-electron chi connectivity index (χ0n) is 26.1. The van der Waals surface area contributed by atoms with Crippen molar-refractivity contribution in [3.05, 3.63) is 163 Å². The van der Waals surface area contributed by atoms with Gasteiger partial charge in [-0.15, -0.1) is 0 Å². The van der Waals surface area contributed by atoms with Crippen molar-refractivity contribution in [3.8, 4) is 11.1 Å². The fourth-order valence-electron chi connectivity index (χ4n) is 6.42. The quantitative estimate of drug-likeness (QED) is 0.114. The van der Waals surface area contributed by atoms with E-state index in [1.54, 1.807) is 6.08 Å². The average Bonchev–Trinajstić information content (AvgIpc) is 3.70. The van der Waals surface area contributed by atoms with Gasteiger partial charge < -0.3 is 8.83 Å². The number of allylic oxidation sites excluding steroid dienone is 5. The number of nitrogens with zero attached hydrogens (tertiary/aromatic N) is 2. The Balaban J connectivity index is 1.34. The van der Waals surface area contributed by atoms with Crippen molar-refractivity contribution in [2.45, 2.75) is 6.42 Å². The van der Waals surface area contributed by atoms with E-state index in [4.69, 9.17) is 24.2 Å². The van der Waals surface area contributed by atoms with Gasteiger partial charge >= 0.3 is 0 Å². The van der Waals surface area contributed by atoms with Crippen LogP contribution < -0.4 is 0 Å². The van der Waals surface area contributed by atoms with Crippen LogP contribution in [0.15, 0.2) is 165 Å². The smallest absolute Gasteiger partial charge is 0.162 e. The van der Waals surface area contributed by atoms with E-state index in [0.29, 0.717) is 18.0 Å². The topological polar surface area (TPSA) is 74.8 Å². The highest BCUT2D eigenvalue weighted by molar-refractivity contribution is 6.22. The van der Waals surface area contributed by atoms with Crippen LogP contribution in [0.25, 0.3) is 60.9 Å². The van der Waals surface area contributed by atoms with Crippen LogP contribution >= 0.6 is 0 Å². The third-order valence-electron chi connectivity index (χ3n) is 8.74. The predicted molar refractivity (Wildman–Crippen MR) is 200 cm³/mol. The van der Waals surface area contributed by atoms with Crippen LogP contribution in [0.1, 0.15) is 23.3 Å². The summed E-state index contributed by atoms with van der Waals surface area (Å²) in [4.78, 5) is 10.00. The summed E-state index contributed by atoms with van der Waals surface area (Å²) in [7, 11) is 0. The van der Waals surface area contributed by atoms with Gasteiger partial charge in [-0.3, -0.25) is 5.41 Å². The minimum Gasteiger partial charge on any atom is -0.456 e. The number of hydrogen-bond donors (Lipinski definition) is 1. The molecule has 8 rings (SSSR count). The van der Waals surface area contributed by atoms with Crippen LogP contribution in [-0.2, 0) is 0 Å². The lowest BCUT2D eigenvalue weighted by Gasteiger charge is -2.12. The average molecular weight is 622 g/mol. The Labute approximate surface area is 277 Å². The van der Waals surface area contributed by atoms with E-state index in [9.17, 15) is 0 Å². The van der Waals surface area contributed by atoms with E-state index in [0.717, 1.165) is 60.5 Å². The first-order valence-corrected chi connectivity index (χ1v) is 16.0. The molecular weight excluding hydrogens is 590 g/mol. The summed E-state index contributed by atoms with van der Waals surface area (Å²) < 4.78 is 12.7. The van der Waals surface area contributed by atoms with Crippen molar-refractivity contribution in [2.24, 2.45) is 15.9 Å². The van der Waals surface area contributed by atoms with Crippen LogP contribution in [0.3, 0.4) is 0 Å². The van der Waals surface area contributed by atoms with Crippen molar-refractivity contribution in [1.82, 2.24) is 0 Å². The molecule has 1 aliphatic carbocycles. The lowest BCUT2D eigenvalue weighted by Crippen LogP contribution is -2.12. The largest absolute Gasteiger partial charge is 0.456 e. The lowest BCUT2D eigenvalue weighted by atomic mass is 9.96. The molecule has 7 aromatic rings. The van der Waals surface area contributed by atoms with Crippen LogP contribution in [-0.4, -0.2) is 17.9 Å². The molecule has 0 bridgehead atoms. The molecule has 5 aromatic carbocycles. The van der Waals surface area contributed by atoms with Gasteiger partial charge in [-0.25, -0.2) is 9.98 Å². The molecule has 1 atom stereocenters. The summed E-state index contributed by atoms with van der Waals surface area (Å²) in [6, 6.07) is 34.9.